The highest BCUT2D eigenvalue weighted by Gasteiger charge is 2.25. The summed E-state index contributed by atoms with van der Waals surface area (Å²) < 4.78 is 0. The van der Waals surface area contributed by atoms with Crippen molar-refractivity contribution in [1.29, 1.82) is 0 Å². The molecule has 2 aromatic rings. The molecule has 116 valence electrons. The number of nitrogens with zero attached hydrogens (tertiary/aromatic N) is 1. The Bertz CT molecular complexity index is 827. The fraction of sp³-hybridized carbons (Fsp3) is 0.385. The summed E-state index contributed by atoms with van der Waals surface area (Å²) in [5, 5.41) is 15.5. The van der Waals surface area contributed by atoms with Crippen LogP contribution in [-0.2, 0) is 0 Å². The summed E-state index contributed by atoms with van der Waals surface area (Å²) >= 11 is 0. The van der Waals surface area contributed by atoms with Crippen LogP contribution in [0.3, 0.4) is 0 Å². The summed E-state index contributed by atoms with van der Waals surface area (Å²) in [6, 6.07) is 1.37. The molecule has 3 rings (SSSR count). The summed E-state index contributed by atoms with van der Waals surface area (Å²) in [4.78, 5) is 43.3. The van der Waals surface area contributed by atoms with E-state index in [0.717, 1.165) is 0 Å². The number of rotatable bonds is 3. The van der Waals surface area contributed by atoms with Gasteiger partial charge in [0.25, 0.3) is 11.5 Å². The average molecular weight is 305 g/mol. The van der Waals surface area contributed by atoms with Crippen LogP contribution < -0.4 is 21.9 Å². The average Bonchev–Trinajstić information content (AvgIpc) is 2.89. The molecule has 3 heterocycles. The molecular weight excluding hydrogens is 290 g/mol. The van der Waals surface area contributed by atoms with Crippen molar-refractivity contribution in [2.24, 2.45) is 5.92 Å². The lowest BCUT2D eigenvalue weighted by Gasteiger charge is -2.14. The fourth-order valence-corrected chi connectivity index (χ4v) is 2.42. The van der Waals surface area contributed by atoms with Gasteiger partial charge in [-0.25, -0.2) is 9.78 Å². The Kier molecular flexibility index (Phi) is 3.73. The predicted molar refractivity (Wildman–Crippen MR) is 77.7 cm³/mol. The number of hydrogen-bond acceptors (Lipinski definition) is 6. The zero-order valence-electron chi connectivity index (χ0n) is 11.5. The maximum atomic E-state index is 12.1. The van der Waals surface area contributed by atoms with Gasteiger partial charge in [-0.2, -0.15) is 0 Å². The molecule has 1 amide bonds. The van der Waals surface area contributed by atoms with E-state index >= 15 is 0 Å². The minimum Gasteiger partial charge on any atom is -0.391 e. The van der Waals surface area contributed by atoms with Crippen LogP contribution in [0.25, 0.3) is 11.0 Å². The summed E-state index contributed by atoms with van der Waals surface area (Å²) in [6.07, 6.45) is 0.805. The van der Waals surface area contributed by atoms with E-state index in [4.69, 9.17) is 0 Å². The van der Waals surface area contributed by atoms with E-state index in [1.165, 1.54) is 12.3 Å². The Labute approximate surface area is 123 Å². The maximum Gasteiger partial charge on any atom is 0.327 e. The van der Waals surface area contributed by atoms with Gasteiger partial charge in [-0.3, -0.25) is 19.6 Å². The Hall–Kier alpha value is -2.52. The van der Waals surface area contributed by atoms with E-state index < -0.39 is 17.4 Å². The molecule has 0 aliphatic carbocycles. The summed E-state index contributed by atoms with van der Waals surface area (Å²) in [5.74, 6) is -0.434. The molecule has 9 nitrogen and oxygen atoms in total. The van der Waals surface area contributed by atoms with Gasteiger partial charge < -0.3 is 15.7 Å². The van der Waals surface area contributed by atoms with Crippen molar-refractivity contribution >= 4 is 16.9 Å². The van der Waals surface area contributed by atoms with Gasteiger partial charge in [0.1, 0.15) is 5.65 Å². The number of aliphatic hydroxyl groups excluding tert-OH is 1. The smallest absolute Gasteiger partial charge is 0.327 e. The van der Waals surface area contributed by atoms with Crippen LogP contribution in [0.15, 0.2) is 21.9 Å². The summed E-state index contributed by atoms with van der Waals surface area (Å²) in [6.45, 7) is 1.48. The lowest BCUT2D eigenvalue weighted by atomic mass is 10.1. The molecular formula is C13H15N5O4. The number of fused-ring (bicyclic) bond motifs is 1. The quantitative estimate of drug-likeness (QED) is 0.441. The first-order valence-corrected chi connectivity index (χ1v) is 6.84. The first-order chi connectivity index (χ1) is 10.5. The number of carbonyl (C=O) groups excluding carboxylic acids is 1. The minimum absolute atomic E-state index is 0.0443. The van der Waals surface area contributed by atoms with Crippen LogP contribution in [0.5, 0.6) is 0 Å². The molecule has 1 fully saturated rings. The molecule has 0 saturated carbocycles. The topological polar surface area (TPSA) is 140 Å². The highest BCUT2D eigenvalue weighted by atomic mass is 16.3. The number of nitrogens with one attached hydrogen (secondary N) is 4. The third-order valence-electron chi connectivity index (χ3n) is 3.68. The number of carbonyl (C=O) groups is 1. The van der Waals surface area contributed by atoms with E-state index in [0.29, 0.717) is 19.6 Å². The van der Waals surface area contributed by atoms with E-state index in [9.17, 15) is 19.5 Å². The number of amides is 1. The molecule has 1 saturated heterocycles. The number of aromatic nitrogens is 3. The van der Waals surface area contributed by atoms with Crippen molar-refractivity contribution < 1.29 is 9.90 Å². The SMILES string of the molecule is O=C(NCC1CNCC1O)c1cnc2[nH]c(=O)[nH]c(=O)c2c1. The molecule has 1 aliphatic heterocycles. The van der Waals surface area contributed by atoms with Crippen molar-refractivity contribution in [2.45, 2.75) is 6.10 Å². The van der Waals surface area contributed by atoms with Gasteiger partial charge in [0, 0.05) is 31.7 Å². The van der Waals surface area contributed by atoms with E-state index in [1.807, 2.05) is 0 Å². The molecule has 2 unspecified atom stereocenters. The van der Waals surface area contributed by atoms with Crippen LogP contribution >= 0.6 is 0 Å². The van der Waals surface area contributed by atoms with Gasteiger partial charge in [-0.05, 0) is 6.07 Å². The highest BCUT2D eigenvalue weighted by Crippen LogP contribution is 2.09. The van der Waals surface area contributed by atoms with Gasteiger partial charge in [-0.1, -0.05) is 0 Å². The second-order valence-corrected chi connectivity index (χ2v) is 5.22. The van der Waals surface area contributed by atoms with Crippen molar-refractivity contribution in [3.63, 3.8) is 0 Å². The third-order valence-corrected chi connectivity index (χ3v) is 3.68. The standard InChI is InChI=1S/C13H15N5O4/c19-9-5-14-2-7(9)4-16-11(20)6-1-8-10(15-3-6)17-13(22)18-12(8)21/h1,3,7,9,14,19H,2,4-5H2,(H,16,20)(H2,15,17,18,21,22). The van der Waals surface area contributed by atoms with Gasteiger partial charge in [-0.15, -0.1) is 0 Å². The Balaban J connectivity index is 1.79. The van der Waals surface area contributed by atoms with Crippen LogP contribution in [0.4, 0.5) is 0 Å². The molecule has 0 bridgehead atoms. The van der Waals surface area contributed by atoms with E-state index in [-0.39, 0.29) is 28.4 Å². The Morgan fingerprint density at radius 2 is 2.18 bits per heavy atom. The minimum atomic E-state index is -0.648. The van der Waals surface area contributed by atoms with Gasteiger partial charge in [0.2, 0.25) is 0 Å². The maximum absolute atomic E-state index is 12.1. The normalized spacial score (nSPS) is 21.1. The second kappa shape index (κ2) is 5.70. The molecule has 2 atom stereocenters. The second-order valence-electron chi connectivity index (χ2n) is 5.22. The first kappa shape index (κ1) is 14.4. The molecule has 22 heavy (non-hydrogen) atoms. The van der Waals surface area contributed by atoms with Crippen LogP contribution in [0, 0.1) is 5.92 Å². The van der Waals surface area contributed by atoms with Gasteiger partial charge in [0.15, 0.2) is 0 Å². The number of pyridine rings is 1. The summed E-state index contributed by atoms with van der Waals surface area (Å²) in [5.41, 5.74) is -0.910. The van der Waals surface area contributed by atoms with Crippen molar-refractivity contribution in [3.05, 3.63) is 38.7 Å². The van der Waals surface area contributed by atoms with Gasteiger partial charge in [0.05, 0.1) is 17.1 Å². The van der Waals surface area contributed by atoms with E-state index in [1.54, 1.807) is 0 Å². The third kappa shape index (κ3) is 2.76. The van der Waals surface area contributed by atoms with Crippen LogP contribution in [0.1, 0.15) is 10.4 Å². The first-order valence-electron chi connectivity index (χ1n) is 6.84. The Morgan fingerprint density at radius 3 is 2.91 bits per heavy atom. The Morgan fingerprint density at radius 1 is 1.36 bits per heavy atom. The van der Waals surface area contributed by atoms with Crippen LogP contribution in [0.2, 0.25) is 0 Å². The molecule has 9 heteroatoms. The number of aromatic amines is 2. The molecule has 1 aliphatic rings. The zero-order valence-corrected chi connectivity index (χ0v) is 11.5. The monoisotopic (exact) mass is 305 g/mol. The van der Waals surface area contributed by atoms with Crippen molar-refractivity contribution in [1.82, 2.24) is 25.6 Å². The highest BCUT2D eigenvalue weighted by molar-refractivity contribution is 5.96. The number of β-amino-alcohol motifs (C(OH)–C–C–N with tert-alkyl or cyclic N) is 1. The van der Waals surface area contributed by atoms with Gasteiger partial charge >= 0.3 is 5.69 Å². The molecule has 2 aromatic heterocycles. The lowest BCUT2D eigenvalue weighted by Crippen LogP contribution is -2.34. The summed E-state index contributed by atoms with van der Waals surface area (Å²) in [7, 11) is 0. The molecule has 0 aromatic carbocycles. The largest absolute Gasteiger partial charge is 0.391 e. The lowest BCUT2D eigenvalue weighted by molar-refractivity contribution is 0.0927. The number of H-pyrrole nitrogens is 2. The molecule has 0 radical (unpaired) electrons. The molecule has 5 N–H and O–H groups in total. The van der Waals surface area contributed by atoms with Crippen molar-refractivity contribution in [2.75, 3.05) is 19.6 Å². The van der Waals surface area contributed by atoms with Crippen molar-refractivity contribution in [3.8, 4) is 0 Å². The zero-order chi connectivity index (χ0) is 15.7. The number of aliphatic hydroxyl groups is 1. The number of hydrogen-bond donors (Lipinski definition) is 5. The fourth-order valence-electron chi connectivity index (χ4n) is 2.42. The predicted octanol–water partition coefficient (Wildman–Crippen LogP) is -2.08. The molecule has 0 spiro atoms. The van der Waals surface area contributed by atoms with E-state index in [2.05, 4.69) is 25.6 Å². The van der Waals surface area contributed by atoms with Crippen LogP contribution in [-0.4, -0.2) is 51.7 Å².